The average Bonchev–Trinajstić information content (AvgIpc) is 2.53. The van der Waals surface area contributed by atoms with Gasteiger partial charge in [-0.15, -0.1) is 0 Å². The van der Waals surface area contributed by atoms with Crippen molar-refractivity contribution in [2.45, 2.75) is 37.9 Å². The van der Waals surface area contributed by atoms with Gasteiger partial charge in [-0.1, -0.05) is 12.8 Å². The summed E-state index contributed by atoms with van der Waals surface area (Å²) in [5.74, 6) is 0. The van der Waals surface area contributed by atoms with Crippen LogP contribution in [-0.4, -0.2) is 36.7 Å². The number of hydrogen-bond donors (Lipinski definition) is 1. The van der Waals surface area contributed by atoms with Crippen LogP contribution in [0.15, 0.2) is 0 Å². The number of hydrogen-bond acceptors (Lipinski definition) is 1. The van der Waals surface area contributed by atoms with Crippen molar-refractivity contribution in [2.75, 3.05) is 13.6 Å². The molecule has 1 rings (SSSR count). The van der Waals surface area contributed by atoms with E-state index >= 15 is 0 Å². The standard InChI is InChI=1S/C9H15F3N2O/c1-14(6-9(10,11)12)8(15)13-7-4-2-3-5-7/h7H,2-6H2,1H3,(H,13,15). The van der Waals surface area contributed by atoms with Gasteiger partial charge in [-0.25, -0.2) is 4.79 Å². The van der Waals surface area contributed by atoms with Crippen LogP contribution >= 0.6 is 0 Å². The lowest BCUT2D eigenvalue weighted by atomic mass is 10.2. The van der Waals surface area contributed by atoms with Crippen molar-refractivity contribution >= 4 is 6.03 Å². The molecule has 0 aromatic carbocycles. The van der Waals surface area contributed by atoms with E-state index in [9.17, 15) is 18.0 Å². The zero-order chi connectivity index (χ0) is 11.5. The minimum absolute atomic E-state index is 0.0492. The lowest BCUT2D eigenvalue weighted by molar-refractivity contribution is -0.137. The molecule has 1 N–H and O–H groups in total. The molecule has 0 bridgehead atoms. The number of rotatable bonds is 2. The molecule has 0 radical (unpaired) electrons. The van der Waals surface area contributed by atoms with Gasteiger partial charge in [-0.05, 0) is 12.8 Å². The van der Waals surface area contributed by atoms with Gasteiger partial charge in [-0.3, -0.25) is 0 Å². The van der Waals surface area contributed by atoms with Gasteiger partial charge in [0, 0.05) is 13.1 Å². The van der Waals surface area contributed by atoms with Crippen LogP contribution in [0.4, 0.5) is 18.0 Å². The van der Waals surface area contributed by atoms with E-state index < -0.39 is 18.8 Å². The molecule has 0 unspecified atom stereocenters. The van der Waals surface area contributed by atoms with Crippen LogP contribution in [0, 0.1) is 0 Å². The van der Waals surface area contributed by atoms with E-state index in [1.807, 2.05) is 0 Å². The number of carbonyl (C=O) groups is 1. The Bertz CT molecular complexity index is 224. The zero-order valence-electron chi connectivity index (χ0n) is 8.60. The smallest absolute Gasteiger partial charge is 0.335 e. The van der Waals surface area contributed by atoms with Crippen LogP contribution in [-0.2, 0) is 0 Å². The minimum Gasteiger partial charge on any atom is -0.335 e. The highest BCUT2D eigenvalue weighted by atomic mass is 19.4. The van der Waals surface area contributed by atoms with Crippen molar-refractivity contribution in [1.82, 2.24) is 10.2 Å². The number of urea groups is 1. The van der Waals surface area contributed by atoms with Gasteiger partial charge in [-0.2, -0.15) is 13.2 Å². The maximum Gasteiger partial charge on any atom is 0.406 e. The first kappa shape index (κ1) is 12.1. The zero-order valence-corrected chi connectivity index (χ0v) is 8.60. The van der Waals surface area contributed by atoms with Gasteiger partial charge >= 0.3 is 12.2 Å². The van der Waals surface area contributed by atoms with E-state index in [4.69, 9.17) is 0 Å². The predicted molar refractivity (Wildman–Crippen MR) is 49.5 cm³/mol. The maximum atomic E-state index is 12.0. The van der Waals surface area contributed by atoms with Crippen LogP contribution in [0.2, 0.25) is 0 Å². The lowest BCUT2D eigenvalue weighted by Crippen LogP contribution is -2.45. The number of carbonyl (C=O) groups excluding carboxylic acids is 1. The Labute approximate surface area is 86.6 Å². The van der Waals surface area contributed by atoms with Crippen molar-refractivity contribution in [2.24, 2.45) is 0 Å². The summed E-state index contributed by atoms with van der Waals surface area (Å²) in [5, 5.41) is 2.59. The summed E-state index contributed by atoms with van der Waals surface area (Å²) in [4.78, 5) is 12.0. The molecule has 1 fully saturated rings. The van der Waals surface area contributed by atoms with E-state index in [2.05, 4.69) is 5.32 Å². The quantitative estimate of drug-likeness (QED) is 0.765. The van der Waals surface area contributed by atoms with E-state index in [1.165, 1.54) is 0 Å². The number of nitrogens with zero attached hydrogens (tertiary/aromatic N) is 1. The Morgan fingerprint density at radius 3 is 2.40 bits per heavy atom. The summed E-state index contributed by atoms with van der Waals surface area (Å²) >= 11 is 0. The Morgan fingerprint density at radius 1 is 1.40 bits per heavy atom. The fourth-order valence-corrected chi connectivity index (χ4v) is 1.70. The summed E-state index contributed by atoms with van der Waals surface area (Å²) in [6.07, 6.45) is -0.527. The fraction of sp³-hybridized carbons (Fsp3) is 0.889. The third-order valence-corrected chi connectivity index (χ3v) is 2.45. The van der Waals surface area contributed by atoms with Crippen molar-refractivity contribution in [3.8, 4) is 0 Å². The maximum absolute atomic E-state index is 12.0. The van der Waals surface area contributed by atoms with Crippen molar-refractivity contribution in [3.05, 3.63) is 0 Å². The first-order valence-corrected chi connectivity index (χ1v) is 4.97. The molecular formula is C9H15F3N2O. The first-order chi connectivity index (χ1) is 6.88. The number of halogens is 3. The molecule has 0 heterocycles. The minimum atomic E-state index is -4.33. The van der Waals surface area contributed by atoms with Crippen LogP contribution in [0.3, 0.4) is 0 Å². The number of amides is 2. The highest BCUT2D eigenvalue weighted by Crippen LogP contribution is 2.19. The van der Waals surface area contributed by atoms with E-state index in [-0.39, 0.29) is 6.04 Å². The van der Waals surface area contributed by atoms with Crippen LogP contribution in [0.25, 0.3) is 0 Å². The largest absolute Gasteiger partial charge is 0.406 e. The molecule has 1 aliphatic rings. The molecule has 15 heavy (non-hydrogen) atoms. The first-order valence-electron chi connectivity index (χ1n) is 4.97. The van der Waals surface area contributed by atoms with Gasteiger partial charge in [0.05, 0.1) is 0 Å². The molecule has 2 amide bonds. The fourth-order valence-electron chi connectivity index (χ4n) is 1.70. The van der Waals surface area contributed by atoms with Gasteiger partial charge in [0.25, 0.3) is 0 Å². The Balaban J connectivity index is 2.32. The van der Waals surface area contributed by atoms with E-state index in [1.54, 1.807) is 0 Å². The molecule has 0 atom stereocenters. The van der Waals surface area contributed by atoms with Gasteiger partial charge in [0.15, 0.2) is 0 Å². The van der Waals surface area contributed by atoms with Gasteiger partial charge in [0.1, 0.15) is 6.54 Å². The second kappa shape index (κ2) is 4.72. The van der Waals surface area contributed by atoms with Gasteiger partial charge < -0.3 is 10.2 Å². The summed E-state index contributed by atoms with van der Waals surface area (Å²) in [6.45, 7) is -1.20. The molecule has 3 nitrogen and oxygen atoms in total. The normalized spacial score (nSPS) is 17.9. The molecular weight excluding hydrogens is 209 g/mol. The summed E-state index contributed by atoms with van der Waals surface area (Å²) in [7, 11) is 1.15. The van der Waals surface area contributed by atoms with E-state index in [0.29, 0.717) is 4.90 Å². The molecule has 0 aromatic rings. The third kappa shape index (κ3) is 4.40. The second-order valence-corrected chi connectivity index (χ2v) is 3.90. The SMILES string of the molecule is CN(CC(F)(F)F)C(=O)NC1CCCC1. The third-order valence-electron chi connectivity index (χ3n) is 2.45. The summed E-state index contributed by atoms with van der Waals surface area (Å²) < 4.78 is 35.9. The highest BCUT2D eigenvalue weighted by molar-refractivity contribution is 5.74. The second-order valence-electron chi connectivity index (χ2n) is 3.90. The molecule has 6 heteroatoms. The number of nitrogens with one attached hydrogen (secondary N) is 1. The van der Waals surface area contributed by atoms with Crippen LogP contribution in [0.5, 0.6) is 0 Å². The molecule has 0 aromatic heterocycles. The van der Waals surface area contributed by atoms with Crippen molar-refractivity contribution < 1.29 is 18.0 Å². The average molecular weight is 224 g/mol. The molecule has 0 saturated heterocycles. The van der Waals surface area contributed by atoms with Crippen LogP contribution in [0.1, 0.15) is 25.7 Å². The Morgan fingerprint density at radius 2 is 1.93 bits per heavy atom. The molecule has 1 saturated carbocycles. The van der Waals surface area contributed by atoms with Crippen molar-refractivity contribution in [3.63, 3.8) is 0 Å². The Kier molecular flexibility index (Phi) is 3.82. The number of alkyl halides is 3. The summed E-state index contributed by atoms with van der Waals surface area (Å²) in [6, 6.07) is -0.590. The lowest BCUT2D eigenvalue weighted by Gasteiger charge is -2.21. The highest BCUT2D eigenvalue weighted by Gasteiger charge is 2.31. The van der Waals surface area contributed by atoms with Crippen LogP contribution < -0.4 is 5.32 Å². The van der Waals surface area contributed by atoms with Gasteiger partial charge in [0.2, 0.25) is 0 Å². The molecule has 1 aliphatic carbocycles. The molecule has 0 aliphatic heterocycles. The molecule has 88 valence electrons. The van der Waals surface area contributed by atoms with E-state index in [0.717, 1.165) is 32.7 Å². The monoisotopic (exact) mass is 224 g/mol. The molecule has 0 spiro atoms. The Hall–Kier alpha value is -0.940. The topological polar surface area (TPSA) is 32.3 Å². The predicted octanol–water partition coefficient (Wildman–Crippen LogP) is 2.13. The summed E-state index contributed by atoms with van der Waals surface area (Å²) in [5.41, 5.74) is 0. The van der Waals surface area contributed by atoms with Crippen molar-refractivity contribution in [1.29, 1.82) is 0 Å².